The number of nitriles is 2. The molecule has 0 radical (unpaired) electrons. The maximum Gasteiger partial charge on any atom is 0.0993 e. The van der Waals surface area contributed by atoms with Crippen LogP contribution < -0.4 is 0 Å². The van der Waals surface area contributed by atoms with Crippen molar-refractivity contribution in [2.45, 2.75) is 27.7 Å². The summed E-state index contributed by atoms with van der Waals surface area (Å²) in [5, 5.41) is 26.2. The summed E-state index contributed by atoms with van der Waals surface area (Å²) in [7, 11) is 0. The van der Waals surface area contributed by atoms with Gasteiger partial charge in [-0.05, 0) is 149 Å². The highest BCUT2D eigenvalue weighted by atomic mass is 15.0. The molecule has 70 heavy (non-hydrogen) atoms. The van der Waals surface area contributed by atoms with Gasteiger partial charge in [-0.2, -0.15) is 10.5 Å². The molecule has 10 aromatic carbocycles. The SMILES string of the molecule is Cc1ccccc1-c1ccc2c3ccc(-c4ccccc4C)cc3n(-c3cc(C#N)cc(-n4c5cc(-c6ccccc6C)ccc5c5ccc(-c6ccccc6C)cc54)c3-c3cccc(C#N)c3)c2c1. The van der Waals surface area contributed by atoms with Crippen molar-refractivity contribution in [1.82, 2.24) is 9.13 Å². The first-order valence-corrected chi connectivity index (χ1v) is 23.8. The Balaban J connectivity index is 1.27. The maximum absolute atomic E-state index is 11.3. The van der Waals surface area contributed by atoms with Crippen molar-refractivity contribution in [3.05, 3.63) is 240 Å². The van der Waals surface area contributed by atoms with Crippen LogP contribution in [-0.4, -0.2) is 9.13 Å². The molecule has 0 unspecified atom stereocenters. The Morgan fingerprint density at radius 3 is 0.943 bits per heavy atom. The number of hydrogen-bond acceptors (Lipinski definition) is 2. The predicted molar refractivity (Wildman–Crippen MR) is 291 cm³/mol. The quantitative estimate of drug-likeness (QED) is 0.160. The fraction of sp³-hybridized carbons (Fsp3) is 0.0606. The van der Waals surface area contributed by atoms with E-state index >= 15 is 0 Å². The lowest BCUT2D eigenvalue weighted by Crippen LogP contribution is -2.05. The van der Waals surface area contributed by atoms with Crippen LogP contribution >= 0.6 is 0 Å². The first-order valence-electron chi connectivity index (χ1n) is 23.8. The second-order valence-corrected chi connectivity index (χ2v) is 18.6. The van der Waals surface area contributed by atoms with Gasteiger partial charge >= 0.3 is 0 Å². The third-order valence-electron chi connectivity index (χ3n) is 14.3. The lowest BCUT2D eigenvalue weighted by Gasteiger charge is -2.21. The molecule has 2 aromatic heterocycles. The number of aryl methyl sites for hydroxylation is 4. The molecule has 0 N–H and O–H groups in total. The van der Waals surface area contributed by atoms with Crippen LogP contribution in [0.15, 0.2) is 206 Å². The van der Waals surface area contributed by atoms with E-state index in [0.29, 0.717) is 11.1 Å². The van der Waals surface area contributed by atoms with Crippen molar-refractivity contribution in [3.8, 4) is 79.1 Å². The number of nitrogens with zero attached hydrogens (tertiary/aromatic N) is 4. The molecule has 0 fully saturated rings. The standard InChI is InChI=1S/C66H46N4/c1-41-14-5-9-20-52(41)47-24-28-56-57-29-25-48(53-21-10-6-15-42(53)2)36-61(57)69(60(56)35-47)64-33-46(40-68)34-65(66(64)51-19-13-18-45(32-51)39-67)70-62-37-49(54-22-11-7-16-43(54)3)26-30-58(62)59-31-27-50(38-63(59)70)55-23-12-8-17-44(55)4/h5-38H,1-4H3. The predicted octanol–water partition coefficient (Wildman–Crippen LogP) is 17.2. The van der Waals surface area contributed by atoms with Crippen molar-refractivity contribution in [2.24, 2.45) is 0 Å². The van der Waals surface area contributed by atoms with E-state index in [-0.39, 0.29) is 0 Å². The lowest BCUT2D eigenvalue weighted by molar-refractivity contribution is 1.13. The van der Waals surface area contributed by atoms with Gasteiger partial charge in [0.2, 0.25) is 0 Å². The summed E-state index contributed by atoms with van der Waals surface area (Å²) in [6.45, 7) is 8.64. The van der Waals surface area contributed by atoms with E-state index in [2.05, 4.69) is 225 Å². The van der Waals surface area contributed by atoms with Crippen LogP contribution in [0.5, 0.6) is 0 Å². The topological polar surface area (TPSA) is 57.4 Å². The van der Waals surface area contributed by atoms with Gasteiger partial charge in [-0.3, -0.25) is 0 Å². The number of hydrogen-bond donors (Lipinski definition) is 0. The van der Waals surface area contributed by atoms with Gasteiger partial charge < -0.3 is 9.13 Å². The van der Waals surface area contributed by atoms with Crippen LogP contribution in [0.4, 0.5) is 0 Å². The summed E-state index contributed by atoms with van der Waals surface area (Å²) < 4.78 is 4.75. The first kappa shape index (κ1) is 42.2. The second-order valence-electron chi connectivity index (χ2n) is 18.6. The van der Waals surface area contributed by atoms with Crippen LogP contribution in [0.1, 0.15) is 33.4 Å². The minimum Gasteiger partial charge on any atom is -0.308 e. The fourth-order valence-corrected chi connectivity index (χ4v) is 10.9. The van der Waals surface area contributed by atoms with Gasteiger partial charge in [0, 0.05) is 27.1 Å². The number of fused-ring (bicyclic) bond motifs is 6. The Kier molecular flexibility index (Phi) is 10.1. The second kappa shape index (κ2) is 16.8. The summed E-state index contributed by atoms with van der Waals surface area (Å²) in [5.74, 6) is 0. The van der Waals surface area contributed by atoms with E-state index in [1.54, 1.807) is 0 Å². The molecule has 0 bridgehead atoms. The van der Waals surface area contributed by atoms with E-state index in [1.807, 2.05) is 30.3 Å². The van der Waals surface area contributed by atoms with E-state index in [1.165, 1.54) is 22.3 Å². The number of rotatable bonds is 7. The van der Waals surface area contributed by atoms with Crippen molar-refractivity contribution in [1.29, 1.82) is 10.5 Å². The maximum atomic E-state index is 11.3. The summed E-state index contributed by atoms with van der Waals surface area (Å²) >= 11 is 0. The summed E-state index contributed by atoms with van der Waals surface area (Å²) in [4.78, 5) is 0. The molecule has 12 rings (SSSR count). The number of aromatic nitrogens is 2. The Labute approximate surface area is 407 Å². The molecular weight excluding hydrogens is 849 g/mol. The molecule has 4 heteroatoms. The molecular formula is C66H46N4. The molecule has 0 saturated heterocycles. The average Bonchev–Trinajstić information content (AvgIpc) is 3.89. The van der Waals surface area contributed by atoms with Crippen molar-refractivity contribution >= 4 is 43.6 Å². The minimum atomic E-state index is 0.519. The minimum absolute atomic E-state index is 0.519. The normalized spacial score (nSPS) is 11.4. The summed E-state index contributed by atoms with van der Waals surface area (Å²) in [6.07, 6.45) is 0. The monoisotopic (exact) mass is 894 g/mol. The molecule has 0 aliphatic rings. The van der Waals surface area contributed by atoms with E-state index in [0.717, 1.165) is 111 Å². The Hall–Kier alpha value is -9.22. The third kappa shape index (κ3) is 6.89. The molecule has 0 aliphatic carbocycles. The Morgan fingerprint density at radius 1 is 0.300 bits per heavy atom. The Bertz CT molecular complexity index is 3760. The average molecular weight is 895 g/mol. The van der Waals surface area contributed by atoms with Gasteiger partial charge in [-0.15, -0.1) is 0 Å². The number of benzene rings is 10. The van der Waals surface area contributed by atoms with E-state index in [4.69, 9.17) is 0 Å². The Morgan fingerprint density at radius 2 is 0.629 bits per heavy atom. The first-order chi connectivity index (χ1) is 34.3. The molecule has 2 heterocycles. The highest BCUT2D eigenvalue weighted by Gasteiger charge is 2.25. The molecule has 12 aromatic rings. The van der Waals surface area contributed by atoms with Crippen LogP contribution in [0.3, 0.4) is 0 Å². The molecule has 0 saturated carbocycles. The van der Waals surface area contributed by atoms with Crippen LogP contribution in [0, 0.1) is 50.4 Å². The molecule has 0 aliphatic heterocycles. The fourth-order valence-electron chi connectivity index (χ4n) is 10.9. The molecule has 0 atom stereocenters. The van der Waals surface area contributed by atoms with Gasteiger partial charge in [0.05, 0.1) is 56.7 Å². The smallest absolute Gasteiger partial charge is 0.0993 e. The van der Waals surface area contributed by atoms with Crippen molar-refractivity contribution in [2.75, 3.05) is 0 Å². The molecule has 0 amide bonds. The summed E-state index contributed by atoms with van der Waals surface area (Å²) in [5.41, 5.74) is 22.4. The van der Waals surface area contributed by atoms with E-state index < -0.39 is 0 Å². The largest absolute Gasteiger partial charge is 0.308 e. The van der Waals surface area contributed by atoms with Crippen LogP contribution in [0.25, 0.3) is 111 Å². The van der Waals surface area contributed by atoms with E-state index in [9.17, 15) is 10.5 Å². The molecule has 0 spiro atoms. The third-order valence-corrected chi connectivity index (χ3v) is 14.3. The van der Waals surface area contributed by atoms with Crippen LogP contribution in [-0.2, 0) is 0 Å². The molecule has 4 nitrogen and oxygen atoms in total. The van der Waals surface area contributed by atoms with Gasteiger partial charge in [-0.25, -0.2) is 0 Å². The van der Waals surface area contributed by atoms with Gasteiger partial charge in [-0.1, -0.05) is 158 Å². The zero-order chi connectivity index (χ0) is 47.6. The van der Waals surface area contributed by atoms with Crippen molar-refractivity contribution < 1.29 is 0 Å². The lowest BCUT2D eigenvalue weighted by atomic mass is 9.96. The zero-order valence-electron chi connectivity index (χ0n) is 39.4. The zero-order valence-corrected chi connectivity index (χ0v) is 39.4. The van der Waals surface area contributed by atoms with Gasteiger partial charge in [0.15, 0.2) is 0 Å². The highest BCUT2D eigenvalue weighted by molar-refractivity contribution is 6.14. The van der Waals surface area contributed by atoms with Crippen LogP contribution in [0.2, 0.25) is 0 Å². The van der Waals surface area contributed by atoms with Gasteiger partial charge in [0.1, 0.15) is 0 Å². The molecule has 330 valence electrons. The van der Waals surface area contributed by atoms with Gasteiger partial charge in [0.25, 0.3) is 0 Å². The van der Waals surface area contributed by atoms with Crippen molar-refractivity contribution in [3.63, 3.8) is 0 Å². The highest BCUT2D eigenvalue weighted by Crippen LogP contribution is 2.46. The summed E-state index contributed by atoms with van der Waals surface area (Å²) in [6, 6.07) is 78.4.